The number of anilines is 1. The molecule has 2 saturated heterocycles. The average molecular weight is 705 g/mol. The average Bonchev–Trinajstić information content (AvgIpc) is 3.55. The number of halogens is 1. The maximum atomic E-state index is 12.2. The van der Waals surface area contributed by atoms with Crippen LogP contribution in [0.25, 0.3) is 11.2 Å². The van der Waals surface area contributed by atoms with E-state index in [1.165, 1.54) is 35.1 Å². The van der Waals surface area contributed by atoms with Gasteiger partial charge in [0.05, 0.1) is 19.3 Å². The maximum Gasteiger partial charge on any atom is 0.478 e. The Bertz CT molecular complexity index is 1350. The number of nitrogen functional groups attached to an aromatic ring is 1. The zero-order chi connectivity index (χ0) is 31.0. The number of aliphatic hydroxyl groups excluding tert-OH is 3. The number of aromatic nitrogens is 4. The fraction of sp³-hybridized carbons (Fsp3) is 0.762. The van der Waals surface area contributed by atoms with E-state index in [0.717, 1.165) is 0 Å². The minimum absolute atomic E-state index is 0.00731. The molecule has 21 heteroatoms. The molecule has 2 unspecified atom stereocenters. The molecule has 0 aromatic carbocycles. The fourth-order valence-corrected chi connectivity index (χ4v) is 7.38. The first-order valence-corrected chi connectivity index (χ1v) is 16.9. The van der Waals surface area contributed by atoms with Crippen LogP contribution in [0.2, 0.25) is 0 Å². The first kappa shape index (κ1) is 33.7. The second kappa shape index (κ2) is 13.5. The van der Waals surface area contributed by atoms with Gasteiger partial charge >= 0.3 is 7.82 Å². The van der Waals surface area contributed by atoms with Crippen molar-refractivity contribution in [1.82, 2.24) is 19.4 Å². The highest BCUT2D eigenvalue weighted by atomic mass is 79.9. The highest BCUT2D eigenvalue weighted by molar-refractivity contribution is 9.10. The summed E-state index contributed by atoms with van der Waals surface area (Å²) in [6.07, 6.45) is -7.89. The van der Waals surface area contributed by atoms with Crippen molar-refractivity contribution >= 4 is 48.6 Å². The number of nitrogens with two attached hydrogens (primary N) is 1. The summed E-state index contributed by atoms with van der Waals surface area (Å²) in [7, 11) is -10.7. The molecular weight excluding hydrogens is 670 g/mol. The third-order valence-electron chi connectivity index (χ3n) is 7.12. The number of rotatable bonds is 3. The van der Waals surface area contributed by atoms with Crippen LogP contribution in [0.5, 0.6) is 0 Å². The van der Waals surface area contributed by atoms with Crippen LogP contribution >= 0.6 is 31.6 Å². The van der Waals surface area contributed by atoms with Crippen LogP contribution in [0.1, 0.15) is 39.6 Å². The molecule has 6 heterocycles. The van der Waals surface area contributed by atoms with Crippen molar-refractivity contribution in [2.24, 2.45) is 0 Å². The molecule has 9 atom stereocenters. The first-order valence-electron chi connectivity index (χ1n) is 13.2. The zero-order valence-electron chi connectivity index (χ0n) is 23.0. The molecule has 42 heavy (non-hydrogen) atoms. The number of hydrogen-bond donors (Lipinski definition) is 5. The molecule has 0 saturated carbocycles. The summed E-state index contributed by atoms with van der Waals surface area (Å²) in [5, 5.41) is 31.2. The normalized spacial score (nSPS) is 37.1. The third-order valence-corrected chi connectivity index (χ3v) is 10.2. The van der Waals surface area contributed by atoms with Gasteiger partial charge in [0.25, 0.3) is 13.6 Å². The summed E-state index contributed by atoms with van der Waals surface area (Å²) in [5.41, 5.74) is 6.66. The van der Waals surface area contributed by atoms with Gasteiger partial charge in [-0.3, -0.25) is 13.7 Å². The Morgan fingerprint density at radius 2 is 1.76 bits per heavy atom. The van der Waals surface area contributed by atoms with E-state index < -0.39 is 71.8 Å². The van der Waals surface area contributed by atoms with Gasteiger partial charge in [-0.1, -0.05) is 25.8 Å². The minimum atomic E-state index is -5.45. The predicted molar refractivity (Wildman–Crippen MR) is 144 cm³/mol. The van der Waals surface area contributed by atoms with Crippen molar-refractivity contribution in [2.75, 3.05) is 38.6 Å². The van der Waals surface area contributed by atoms with E-state index in [1.54, 1.807) is 0 Å². The molecular formula is C21H35BrN6O12P2. The summed E-state index contributed by atoms with van der Waals surface area (Å²) < 4.78 is 51.8. The Labute approximate surface area is 249 Å². The number of imidazole rings is 1. The third kappa shape index (κ3) is 7.21. The Morgan fingerprint density at radius 3 is 2.38 bits per heavy atom. The second-order valence-corrected chi connectivity index (χ2v) is 13.4. The van der Waals surface area contributed by atoms with Crippen molar-refractivity contribution < 1.29 is 61.6 Å². The molecule has 2 aromatic rings. The Morgan fingerprint density at radius 1 is 1.12 bits per heavy atom. The van der Waals surface area contributed by atoms with E-state index in [1.807, 2.05) is 0 Å². The van der Waals surface area contributed by atoms with Crippen LogP contribution in [-0.2, 0) is 32.0 Å². The van der Waals surface area contributed by atoms with E-state index in [4.69, 9.17) is 19.7 Å². The topological polar surface area (TPSA) is 248 Å². The van der Waals surface area contributed by atoms with Crippen LogP contribution in [-0.4, -0.2) is 103 Å². The number of ether oxygens (including phenoxy) is 2. The van der Waals surface area contributed by atoms with Gasteiger partial charge in [0.2, 0.25) is 18.2 Å². The SMILES string of the molecule is CCN(CC)CC.Nc1c2nc(Br)n3c2nc[n+]1[C@@H]1O[C@H](COP(=O)([O-])OP(=O)(O)OC[C@H]2O[C@@H]3C[C@@H]2O)[C@@H](O)[C@H]1O. The van der Waals surface area contributed by atoms with Gasteiger partial charge in [0, 0.05) is 6.42 Å². The van der Waals surface area contributed by atoms with Gasteiger partial charge in [0.1, 0.15) is 30.6 Å². The molecule has 4 aliphatic heterocycles. The maximum absolute atomic E-state index is 12.2. The van der Waals surface area contributed by atoms with Crippen LogP contribution in [0.15, 0.2) is 11.1 Å². The molecule has 0 aliphatic carbocycles. The molecule has 4 aliphatic rings. The van der Waals surface area contributed by atoms with Crippen molar-refractivity contribution in [3.05, 3.63) is 11.1 Å². The quantitative estimate of drug-likeness (QED) is 0.151. The predicted octanol–water partition coefficient (Wildman–Crippen LogP) is -0.689. The number of fused-ring (bicyclic) bond motifs is 7. The van der Waals surface area contributed by atoms with E-state index in [0.29, 0.717) is 0 Å². The largest absolute Gasteiger partial charge is 0.756 e. The molecule has 6 N–H and O–H groups in total. The number of aliphatic hydroxyl groups is 3. The second-order valence-electron chi connectivity index (χ2n) is 9.65. The van der Waals surface area contributed by atoms with E-state index >= 15 is 0 Å². The molecule has 18 nitrogen and oxygen atoms in total. The van der Waals surface area contributed by atoms with E-state index in [2.05, 4.69) is 60.4 Å². The van der Waals surface area contributed by atoms with Crippen molar-refractivity contribution in [3.8, 4) is 0 Å². The molecule has 2 aromatic heterocycles. The molecule has 0 radical (unpaired) electrons. The summed E-state index contributed by atoms with van der Waals surface area (Å²) in [6.45, 7) is 8.54. The van der Waals surface area contributed by atoms with Crippen molar-refractivity contribution in [1.29, 1.82) is 0 Å². The van der Waals surface area contributed by atoms with Crippen LogP contribution < -0.4 is 15.2 Å². The van der Waals surface area contributed by atoms with Crippen LogP contribution in [0.4, 0.5) is 5.82 Å². The lowest BCUT2D eigenvalue weighted by atomic mass is 10.1. The Balaban J connectivity index is 0.000000517. The highest BCUT2D eigenvalue weighted by Gasteiger charge is 2.48. The first-order chi connectivity index (χ1) is 19.7. The standard InChI is InChI=1S/C15H20BrN5O12P2.C6H15N/c16-15-19-9-12(17)20-4-18-13(9)21(15)8-1-5(22)6(31-8)2-29-34(25,26)33-35(27,28)30-3-7-10(23)11(24)14(20)32-7;1-4-7(5-2)6-3/h4-8,10-11,14,17,22-24H,1-3H2,(H2,25,26,27,28);4-6H2,1-3H3/t5-,6+,7+,8+,10+,11+,14+;/m0./s1. The van der Waals surface area contributed by atoms with Crippen molar-refractivity contribution in [3.63, 3.8) is 0 Å². The summed E-state index contributed by atoms with van der Waals surface area (Å²) in [6, 6.07) is 0. The number of nitrogens with zero attached hydrogens (tertiary/aromatic N) is 5. The molecule has 8 bridgehead atoms. The minimum Gasteiger partial charge on any atom is -0.756 e. The number of hydrogen-bond acceptors (Lipinski definition) is 15. The van der Waals surface area contributed by atoms with Gasteiger partial charge in [-0.05, 0) is 35.6 Å². The van der Waals surface area contributed by atoms with Gasteiger partial charge in [-0.15, -0.1) is 0 Å². The smallest absolute Gasteiger partial charge is 0.478 e. The van der Waals surface area contributed by atoms with Gasteiger partial charge < -0.3 is 49.7 Å². The highest BCUT2D eigenvalue weighted by Crippen LogP contribution is 2.58. The van der Waals surface area contributed by atoms with Crippen molar-refractivity contribution in [2.45, 2.75) is 70.2 Å². The lowest BCUT2D eigenvalue weighted by Gasteiger charge is -2.26. The monoisotopic (exact) mass is 704 g/mol. The van der Waals surface area contributed by atoms with E-state index in [9.17, 15) is 34.2 Å². The zero-order valence-corrected chi connectivity index (χ0v) is 26.4. The molecule has 2 fully saturated rings. The molecule has 0 spiro atoms. The lowest BCUT2D eigenvalue weighted by Crippen LogP contribution is -2.48. The number of phosphoric acid groups is 2. The summed E-state index contributed by atoms with van der Waals surface area (Å²) >= 11 is 3.29. The van der Waals surface area contributed by atoms with Gasteiger partial charge in [0.15, 0.2) is 10.3 Å². The van der Waals surface area contributed by atoms with Crippen LogP contribution in [0, 0.1) is 0 Å². The van der Waals surface area contributed by atoms with Crippen LogP contribution in [0.3, 0.4) is 0 Å². The summed E-state index contributed by atoms with van der Waals surface area (Å²) in [4.78, 5) is 32.9. The fourth-order valence-electron chi connectivity index (χ4n) is 4.75. The van der Waals surface area contributed by atoms with Gasteiger partial charge in [-0.25, -0.2) is 18.4 Å². The Kier molecular flexibility index (Phi) is 10.8. The molecule has 238 valence electrons. The summed E-state index contributed by atoms with van der Waals surface area (Å²) in [5.74, 6) is -0.00846. The van der Waals surface area contributed by atoms with E-state index in [-0.39, 0.29) is 28.1 Å². The number of phosphoric ester groups is 2. The van der Waals surface area contributed by atoms with Gasteiger partial charge in [-0.2, -0.15) is 0 Å². The molecule has 0 amide bonds. The Hall–Kier alpha value is -1.15. The lowest BCUT2D eigenvalue weighted by molar-refractivity contribution is -0.755. The molecule has 6 rings (SSSR count).